The van der Waals surface area contributed by atoms with Gasteiger partial charge in [0.25, 0.3) is 5.56 Å². The highest BCUT2D eigenvalue weighted by Crippen LogP contribution is 2.25. The molecule has 0 bridgehead atoms. The molecule has 3 aromatic heterocycles. The van der Waals surface area contributed by atoms with Gasteiger partial charge in [-0.3, -0.25) is 14.7 Å². The Morgan fingerprint density at radius 3 is 2.73 bits per heavy atom. The Labute approximate surface area is 172 Å². The van der Waals surface area contributed by atoms with Crippen LogP contribution in [0.5, 0.6) is 0 Å². The summed E-state index contributed by atoms with van der Waals surface area (Å²) in [5.41, 5.74) is 5.62. The molecule has 0 aliphatic carbocycles. The van der Waals surface area contributed by atoms with Crippen LogP contribution in [-0.4, -0.2) is 25.7 Å². The molecule has 0 aliphatic heterocycles. The van der Waals surface area contributed by atoms with Gasteiger partial charge in [0.1, 0.15) is 5.69 Å². The van der Waals surface area contributed by atoms with Crippen molar-refractivity contribution in [2.45, 2.75) is 40.2 Å². The Hall–Kier alpha value is -3.68. The standard InChI is InChI=1S/C22H23N5O3/c1-13-18(26-30-22(13)16-7-5-4-6-8-16)12-23-20(28)10-9-17-14(2)24-19-11-21(29)25-27(19)15(17)3/h4-8,11H,9-10,12H2,1-3H3,(H,23,28)(H,25,29). The molecule has 1 amide bonds. The largest absolute Gasteiger partial charge is 0.356 e. The highest BCUT2D eigenvalue weighted by atomic mass is 16.5. The number of aryl methyl sites for hydroxylation is 2. The number of aromatic amines is 1. The monoisotopic (exact) mass is 405 g/mol. The van der Waals surface area contributed by atoms with Gasteiger partial charge < -0.3 is 9.84 Å². The number of hydrogen-bond donors (Lipinski definition) is 2. The zero-order chi connectivity index (χ0) is 21.3. The van der Waals surface area contributed by atoms with Crippen LogP contribution >= 0.6 is 0 Å². The highest BCUT2D eigenvalue weighted by Gasteiger charge is 2.15. The smallest absolute Gasteiger partial charge is 0.266 e. The van der Waals surface area contributed by atoms with E-state index in [4.69, 9.17) is 4.52 Å². The van der Waals surface area contributed by atoms with Gasteiger partial charge in [-0.25, -0.2) is 9.50 Å². The van der Waals surface area contributed by atoms with Crippen LogP contribution in [0.4, 0.5) is 0 Å². The van der Waals surface area contributed by atoms with E-state index < -0.39 is 0 Å². The molecular formula is C22H23N5O3. The van der Waals surface area contributed by atoms with Crippen LogP contribution in [0.3, 0.4) is 0 Å². The molecule has 30 heavy (non-hydrogen) atoms. The first kappa shape index (κ1) is 19.6. The minimum atomic E-state index is -0.197. The van der Waals surface area contributed by atoms with Crippen LogP contribution in [0, 0.1) is 20.8 Å². The average Bonchev–Trinajstić information content (AvgIpc) is 3.28. The predicted molar refractivity (Wildman–Crippen MR) is 112 cm³/mol. The van der Waals surface area contributed by atoms with Gasteiger partial charge in [-0.2, -0.15) is 0 Å². The molecule has 0 saturated heterocycles. The molecule has 2 N–H and O–H groups in total. The van der Waals surface area contributed by atoms with Gasteiger partial charge in [0.15, 0.2) is 11.4 Å². The fourth-order valence-electron chi connectivity index (χ4n) is 3.62. The first-order valence-corrected chi connectivity index (χ1v) is 9.79. The number of carbonyl (C=O) groups excluding carboxylic acids is 1. The fourth-order valence-corrected chi connectivity index (χ4v) is 3.62. The third-order valence-corrected chi connectivity index (χ3v) is 5.31. The summed E-state index contributed by atoms with van der Waals surface area (Å²) in [6.45, 7) is 6.04. The molecule has 0 saturated carbocycles. The number of nitrogens with zero attached hydrogens (tertiary/aromatic N) is 3. The normalized spacial score (nSPS) is 11.2. The number of amides is 1. The summed E-state index contributed by atoms with van der Waals surface area (Å²) in [5.74, 6) is 0.629. The Bertz CT molecular complexity index is 1270. The van der Waals surface area contributed by atoms with E-state index in [0.717, 1.165) is 28.1 Å². The van der Waals surface area contributed by atoms with Gasteiger partial charge >= 0.3 is 0 Å². The van der Waals surface area contributed by atoms with Crippen molar-refractivity contribution >= 4 is 11.6 Å². The third-order valence-electron chi connectivity index (χ3n) is 5.31. The summed E-state index contributed by atoms with van der Waals surface area (Å²) in [5, 5.41) is 9.75. The van der Waals surface area contributed by atoms with Crippen molar-refractivity contribution in [3.05, 3.63) is 75.0 Å². The first-order valence-electron chi connectivity index (χ1n) is 9.79. The second kappa shape index (κ2) is 7.98. The van der Waals surface area contributed by atoms with E-state index in [1.165, 1.54) is 6.07 Å². The second-order valence-corrected chi connectivity index (χ2v) is 7.30. The summed E-state index contributed by atoms with van der Waals surface area (Å²) in [4.78, 5) is 28.4. The number of nitrogens with one attached hydrogen (secondary N) is 2. The van der Waals surface area contributed by atoms with Gasteiger partial charge in [0, 0.05) is 35.0 Å². The maximum Gasteiger partial charge on any atom is 0.266 e. The van der Waals surface area contributed by atoms with Crippen molar-refractivity contribution in [1.82, 2.24) is 25.1 Å². The van der Waals surface area contributed by atoms with Crippen molar-refractivity contribution in [3.63, 3.8) is 0 Å². The summed E-state index contributed by atoms with van der Waals surface area (Å²) in [6, 6.07) is 11.2. The molecule has 8 heteroatoms. The third kappa shape index (κ3) is 3.76. The summed E-state index contributed by atoms with van der Waals surface area (Å²) in [6.07, 6.45) is 0.836. The Balaban J connectivity index is 1.40. The number of aromatic nitrogens is 4. The van der Waals surface area contributed by atoms with Gasteiger partial charge in [-0.15, -0.1) is 0 Å². The molecule has 4 aromatic rings. The Morgan fingerprint density at radius 2 is 1.97 bits per heavy atom. The molecule has 0 atom stereocenters. The lowest BCUT2D eigenvalue weighted by molar-refractivity contribution is -0.121. The SMILES string of the molecule is Cc1nc2cc(=O)[nH]n2c(C)c1CCC(=O)NCc1noc(-c2ccccc2)c1C. The zero-order valence-corrected chi connectivity index (χ0v) is 17.2. The summed E-state index contributed by atoms with van der Waals surface area (Å²) >= 11 is 0. The van der Waals surface area contributed by atoms with Crippen LogP contribution in [0.1, 0.15) is 34.6 Å². The molecular weight excluding hydrogens is 382 g/mol. The van der Waals surface area contributed by atoms with Crippen molar-refractivity contribution in [1.29, 1.82) is 0 Å². The lowest BCUT2D eigenvalue weighted by Gasteiger charge is -2.11. The molecule has 4 rings (SSSR count). The van der Waals surface area contributed by atoms with E-state index in [1.807, 2.05) is 51.1 Å². The highest BCUT2D eigenvalue weighted by molar-refractivity contribution is 5.76. The van der Waals surface area contributed by atoms with Crippen LogP contribution in [-0.2, 0) is 17.8 Å². The van der Waals surface area contributed by atoms with Crippen LogP contribution in [0.15, 0.2) is 45.7 Å². The van der Waals surface area contributed by atoms with Gasteiger partial charge in [0.05, 0.1) is 6.54 Å². The van der Waals surface area contributed by atoms with Gasteiger partial charge in [0.2, 0.25) is 5.91 Å². The van der Waals surface area contributed by atoms with E-state index in [2.05, 4.69) is 20.6 Å². The predicted octanol–water partition coefficient (Wildman–Crippen LogP) is 2.85. The quantitative estimate of drug-likeness (QED) is 0.513. The van der Waals surface area contributed by atoms with Crippen LogP contribution in [0.25, 0.3) is 17.0 Å². The average molecular weight is 405 g/mol. The number of hydrogen-bond acceptors (Lipinski definition) is 5. The number of benzene rings is 1. The van der Waals surface area contributed by atoms with E-state index in [0.29, 0.717) is 36.5 Å². The van der Waals surface area contributed by atoms with Crippen molar-refractivity contribution in [3.8, 4) is 11.3 Å². The van der Waals surface area contributed by atoms with Gasteiger partial charge in [-0.05, 0) is 32.8 Å². The van der Waals surface area contributed by atoms with Gasteiger partial charge in [-0.1, -0.05) is 35.5 Å². The molecule has 8 nitrogen and oxygen atoms in total. The Kier molecular flexibility index (Phi) is 5.22. The number of carbonyl (C=O) groups is 1. The molecule has 0 spiro atoms. The lowest BCUT2D eigenvalue weighted by atomic mass is 10.1. The minimum Gasteiger partial charge on any atom is -0.356 e. The molecule has 1 aromatic carbocycles. The van der Waals surface area contributed by atoms with Crippen LogP contribution in [0.2, 0.25) is 0 Å². The molecule has 3 heterocycles. The summed E-state index contributed by atoms with van der Waals surface area (Å²) in [7, 11) is 0. The first-order chi connectivity index (χ1) is 14.4. The fraction of sp³-hybridized carbons (Fsp3) is 0.273. The molecule has 154 valence electrons. The van der Waals surface area contributed by atoms with Crippen molar-refractivity contribution < 1.29 is 9.32 Å². The van der Waals surface area contributed by atoms with Crippen molar-refractivity contribution in [2.24, 2.45) is 0 Å². The maximum atomic E-state index is 12.4. The number of H-pyrrole nitrogens is 1. The van der Waals surface area contributed by atoms with Crippen molar-refractivity contribution in [2.75, 3.05) is 0 Å². The second-order valence-electron chi connectivity index (χ2n) is 7.30. The molecule has 0 fully saturated rings. The van der Waals surface area contributed by atoms with E-state index >= 15 is 0 Å². The van der Waals surface area contributed by atoms with E-state index in [9.17, 15) is 9.59 Å². The number of rotatable bonds is 6. The molecule has 0 unspecified atom stereocenters. The van der Waals surface area contributed by atoms with Crippen LogP contribution < -0.4 is 10.9 Å². The summed E-state index contributed by atoms with van der Waals surface area (Å²) < 4.78 is 7.14. The topological polar surface area (TPSA) is 105 Å². The number of fused-ring (bicyclic) bond motifs is 1. The molecule has 0 radical (unpaired) electrons. The maximum absolute atomic E-state index is 12.4. The minimum absolute atomic E-state index is 0.0847. The molecule has 0 aliphatic rings. The van der Waals surface area contributed by atoms with E-state index in [-0.39, 0.29) is 11.5 Å². The Morgan fingerprint density at radius 1 is 1.20 bits per heavy atom. The van der Waals surface area contributed by atoms with E-state index in [1.54, 1.807) is 4.52 Å². The lowest BCUT2D eigenvalue weighted by Crippen LogP contribution is -2.24. The zero-order valence-electron chi connectivity index (χ0n) is 17.2.